The molecule has 1 amide bonds. The van der Waals surface area contributed by atoms with E-state index in [1.807, 2.05) is 25.1 Å². The van der Waals surface area contributed by atoms with Crippen molar-refractivity contribution in [2.24, 2.45) is 5.92 Å². The maximum atomic E-state index is 13.2. The first kappa shape index (κ1) is 27.9. The highest BCUT2D eigenvalue weighted by Gasteiger charge is 2.25. The van der Waals surface area contributed by atoms with E-state index >= 15 is 0 Å². The highest BCUT2D eigenvalue weighted by atomic mass is 16.5. The Labute approximate surface area is 207 Å². The number of nitrogens with one attached hydrogen (secondary N) is 1. The van der Waals surface area contributed by atoms with Crippen LogP contribution < -0.4 is 14.8 Å². The van der Waals surface area contributed by atoms with Crippen LogP contribution in [0.5, 0.6) is 11.5 Å². The summed E-state index contributed by atoms with van der Waals surface area (Å²) < 4.78 is 17.5. The zero-order valence-corrected chi connectivity index (χ0v) is 21.6. The number of unbranched alkanes of at least 4 members (excludes halogenated alkanes) is 1. The highest BCUT2D eigenvalue weighted by Crippen LogP contribution is 2.38. The molecule has 35 heavy (non-hydrogen) atoms. The highest BCUT2D eigenvalue weighted by molar-refractivity contribution is 5.98. The Balaban J connectivity index is 2.39. The van der Waals surface area contributed by atoms with Gasteiger partial charge in [-0.1, -0.05) is 39.7 Å². The number of rotatable bonds is 14. The normalized spacial score (nSPS) is 11.7. The molecule has 0 saturated carbocycles. The van der Waals surface area contributed by atoms with Crippen LogP contribution in [0.4, 0.5) is 0 Å². The summed E-state index contributed by atoms with van der Waals surface area (Å²) in [6.45, 7) is 6.70. The molecular formula is C26H37N3O6. The molecule has 1 N–H and O–H groups in total. The van der Waals surface area contributed by atoms with Gasteiger partial charge in [-0.15, -0.1) is 0 Å². The molecule has 0 bridgehead atoms. The first-order chi connectivity index (χ1) is 16.7. The molecule has 1 atom stereocenters. The molecule has 0 radical (unpaired) electrons. The molecule has 1 heterocycles. The SMILES string of the molecule is CCCC[C@H](NC(=O)c1cc(-c2c(OC)cccc2OC)n(CC(C)C)n1)C(=O)CCC(=O)OC. The van der Waals surface area contributed by atoms with Crippen molar-refractivity contribution < 1.29 is 28.6 Å². The van der Waals surface area contributed by atoms with E-state index in [4.69, 9.17) is 9.47 Å². The summed E-state index contributed by atoms with van der Waals surface area (Å²) in [7, 11) is 4.44. The predicted octanol–water partition coefficient (Wildman–Crippen LogP) is 4.03. The fourth-order valence-corrected chi connectivity index (χ4v) is 3.77. The summed E-state index contributed by atoms with van der Waals surface area (Å²) in [5.74, 6) is 0.352. The Morgan fingerprint density at radius 3 is 2.26 bits per heavy atom. The molecule has 2 aromatic rings. The predicted molar refractivity (Wildman–Crippen MR) is 133 cm³/mol. The molecule has 0 unspecified atom stereocenters. The Morgan fingerprint density at radius 2 is 1.71 bits per heavy atom. The van der Waals surface area contributed by atoms with E-state index < -0.39 is 17.9 Å². The molecule has 2 rings (SSSR count). The minimum absolute atomic E-state index is 0.00673. The molecule has 0 fully saturated rings. The van der Waals surface area contributed by atoms with Crippen molar-refractivity contribution in [2.75, 3.05) is 21.3 Å². The second kappa shape index (κ2) is 13.5. The second-order valence-corrected chi connectivity index (χ2v) is 8.74. The van der Waals surface area contributed by atoms with E-state index in [1.165, 1.54) is 7.11 Å². The number of aromatic nitrogens is 2. The number of nitrogens with zero attached hydrogens (tertiary/aromatic N) is 2. The van der Waals surface area contributed by atoms with Crippen molar-refractivity contribution in [3.63, 3.8) is 0 Å². The fourth-order valence-electron chi connectivity index (χ4n) is 3.77. The Bertz CT molecular complexity index is 992. The third-order valence-corrected chi connectivity index (χ3v) is 5.58. The number of carbonyl (C=O) groups excluding carboxylic acids is 3. The molecule has 9 nitrogen and oxygen atoms in total. The maximum absolute atomic E-state index is 13.2. The summed E-state index contributed by atoms with van der Waals surface area (Å²) in [6, 6.07) is 6.46. The standard InChI is InChI=1S/C26H37N3O6/c1-7-8-10-18(21(30)13-14-24(31)35-6)27-26(32)19-15-20(29(28-19)16-17(2)3)25-22(33-4)11-9-12-23(25)34-5/h9,11-12,15,17-18H,7-8,10,13-14,16H2,1-6H3,(H,27,32)/t18-/m0/s1. The van der Waals surface area contributed by atoms with Gasteiger partial charge in [-0.05, 0) is 30.5 Å². The lowest BCUT2D eigenvalue weighted by atomic mass is 10.0. The molecule has 0 aliphatic heterocycles. The number of methoxy groups -OCH3 is 3. The van der Waals surface area contributed by atoms with Crippen LogP contribution >= 0.6 is 0 Å². The number of carbonyl (C=O) groups is 3. The van der Waals surface area contributed by atoms with Gasteiger partial charge in [-0.2, -0.15) is 5.10 Å². The number of esters is 1. The van der Waals surface area contributed by atoms with Crippen LogP contribution in [0.1, 0.15) is 63.4 Å². The zero-order valence-electron chi connectivity index (χ0n) is 21.6. The average Bonchev–Trinajstić information content (AvgIpc) is 3.26. The van der Waals surface area contributed by atoms with E-state index in [-0.39, 0.29) is 30.2 Å². The molecule has 192 valence electrons. The zero-order chi connectivity index (χ0) is 26.0. The van der Waals surface area contributed by atoms with Gasteiger partial charge >= 0.3 is 5.97 Å². The van der Waals surface area contributed by atoms with E-state index in [0.717, 1.165) is 12.8 Å². The van der Waals surface area contributed by atoms with Gasteiger partial charge in [0.05, 0.1) is 45.0 Å². The van der Waals surface area contributed by atoms with Crippen molar-refractivity contribution in [1.82, 2.24) is 15.1 Å². The number of ketones is 1. The maximum Gasteiger partial charge on any atom is 0.305 e. The van der Waals surface area contributed by atoms with E-state index in [2.05, 4.69) is 29.0 Å². The van der Waals surface area contributed by atoms with Crippen LogP contribution in [0.2, 0.25) is 0 Å². The third-order valence-electron chi connectivity index (χ3n) is 5.58. The van der Waals surface area contributed by atoms with Gasteiger partial charge in [0.1, 0.15) is 11.5 Å². The summed E-state index contributed by atoms with van der Waals surface area (Å²) >= 11 is 0. The molecule has 9 heteroatoms. The molecule has 1 aromatic carbocycles. The number of ether oxygens (including phenoxy) is 3. The quantitative estimate of drug-likeness (QED) is 0.401. The van der Waals surface area contributed by atoms with Gasteiger partial charge in [0.2, 0.25) is 0 Å². The lowest BCUT2D eigenvalue weighted by molar-refractivity contribution is -0.142. The van der Waals surface area contributed by atoms with Crippen molar-refractivity contribution in [3.8, 4) is 22.8 Å². The van der Waals surface area contributed by atoms with Crippen LogP contribution in [-0.4, -0.2) is 54.8 Å². The minimum atomic E-state index is -0.702. The minimum Gasteiger partial charge on any atom is -0.496 e. The third kappa shape index (κ3) is 7.56. The fraction of sp³-hybridized carbons (Fsp3) is 0.538. The van der Waals surface area contributed by atoms with Gasteiger partial charge in [-0.25, -0.2) is 0 Å². The topological polar surface area (TPSA) is 109 Å². The second-order valence-electron chi connectivity index (χ2n) is 8.74. The van der Waals surface area contributed by atoms with Crippen molar-refractivity contribution >= 4 is 17.7 Å². The van der Waals surface area contributed by atoms with Crippen molar-refractivity contribution in [3.05, 3.63) is 30.0 Å². The number of hydrogen-bond donors (Lipinski definition) is 1. The Morgan fingerprint density at radius 1 is 1.06 bits per heavy atom. The first-order valence-corrected chi connectivity index (χ1v) is 11.9. The van der Waals surface area contributed by atoms with Crippen LogP contribution in [0.15, 0.2) is 24.3 Å². The monoisotopic (exact) mass is 487 g/mol. The largest absolute Gasteiger partial charge is 0.496 e. The molecule has 0 aliphatic carbocycles. The van der Waals surface area contributed by atoms with Gasteiger partial charge in [-0.3, -0.25) is 19.1 Å². The average molecular weight is 488 g/mol. The number of hydrogen-bond acceptors (Lipinski definition) is 7. The number of benzene rings is 1. The van der Waals surface area contributed by atoms with Crippen LogP contribution in [0, 0.1) is 5.92 Å². The molecule has 1 aromatic heterocycles. The van der Waals surface area contributed by atoms with E-state index in [9.17, 15) is 14.4 Å². The molecule has 0 aliphatic rings. The van der Waals surface area contributed by atoms with Gasteiger partial charge in [0.15, 0.2) is 11.5 Å². The number of Topliss-reactive ketones (excluding diaryl/α,β-unsaturated/α-hetero) is 1. The summed E-state index contributed by atoms with van der Waals surface area (Å²) in [6.07, 6.45) is 2.11. The molecule has 0 spiro atoms. The number of amides is 1. The summed E-state index contributed by atoms with van der Waals surface area (Å²) in [5.41, 5.74) is 1.57. The van der Waals surface area contributed by atoms with Crippen LogP contribution in [-0.2, 0) is 20.9 Å². The molecule has 0 saturated heterocycles. The van der Waals surface area contributed by atoms with Crippen molar-refractivity contribution in [2.45, 2.75) is 65.5 Å². The lowest BCUT2D eigenvalue weighted by Crippen LogP contribution is -2.41. The summed E-state index contributed by atoms with van der Waals surface area (Å²) in [4.78, 5) is 37.4. The van der Waals surface area contributed by atoms with E-state index in [1.54, 1.807) is 25.0 Å². The Kier molecular flexibility index (Phi) is 10.8. The van der Waals surface area contributed by atoms with Gasteiger partial charge < -0.3 is 19.5 Å². The van der Waals surface area contributed by atoms with Crippen LogP contribution in [0.25, 0.3) is 11.3 Å². The van der Waals surface area contributed by atoms with E-state index in [0.29, 0.717) is 35.7 Å². The van der Waals surface area contributed by atoms with Crippen LogP contribution in [0.3, 0.4) is 0 Å². The van der Waals surface area contributed by atoms with Crippen molar-refractivity contribution in [1.29, 1.82) is 0 Å². The lowest BCUT2D eigenvalue weighted by Gasteiger charge is -2.16. The smallest absolute Gasteiger partial charge is 0.305 e. The first-order valence-electron chi connectivity index (χ1n) is 11.9. The Hall–Kier alpha value is -3.36. The summed E-state index contributed by atoms with van der Waals surface area (Å²) in [5, 5.41) is 7.40. The van der Waals surface area contributed by atoms with Gasteiger partial charge in [0, 0.05) is 13.0 Å². The molecular weight excluding hydrogens is 450 g/mol. The van der Waals surface area contributed by atoms with Gasteiger partial charge in [0.25, 0.3) is 5.91 Å².